The summed E-state index contributed by atoms with van der Waals surface area (Å²) < 4.78 is 12.7. The van der Waals surface area contributed by atoms with Gasteiger partial charge in [0.1, 0.15) is 18.6 Å². The summed E-state index contributed by atoms with van der Waals surface area (Å²) in [4.78, 5) is 30.7. The van der Waals surface area contributed by atoms with Crippen molar-refractivity contribution in [3.63, 3.8) is 0 Å². The zero-order chi connectivity index (χ0) is 26.1. The summed E-state index contributed by atoms with van der Waals surface area (Å²) in [6.45, 7) is 0. The molecule has 2 aromatic heterocycles. The number of aryl methyl sites for hydroxylation is 2. The summed E-state index contributed by atoms with van der Waals surface area (Å²) in [6, 6.07) is 20.0. The Kier molecular flexibility index (Phi) is 5.88. The first-order valence-corrected chi connectivity index (χ1v) is 12.3. The van der Waals surface area contributed by atoms with E-state index in [2.05, 4.69) is 22.4 Å². The maximum atomic E-state index is 13.7. The number of nitrogens with one attached hydrogen (secondary N) is 1. The first-order chi connectivity index (χ1) is 18.5. The van der Waals surface area contributed by atoms with Crippen molar-refractivity contribution < 1.29 is 19.1 Å². The van der Waals surface area contributed by atoms with Crippen molar-refractivity contribution in [3.8, 4) is 17.1 Å². The second kappa shape index (κ2) is 9.51. The molecule has 1 aliphatic carbocycles. The van der Waals surface area contributed by atoms with E-state index >= 15 is 0 Å². The van der Waals surface area contributed by atoms with Gasteiger partial charge in [0.2, 0.25) is 0 Å². The number of benzene rings is 2. The van der Waals surface area contributed by atoms with Crippen LogP contribution in [0.3, 0.4) is 0 Å². The summed E-state index contributed by atoms with van der Waals surface area (Å²) in [5.74, 6) is -2.84. The van der Waals surface area contributed by atoms with Crippen molar-refractivity contribution in [2.24, 2.45) is 5.73 Å². The molecule has 1 atom stereocenters. The number of aromatic nitrogens is 3. The Morgan fingerprint density at radius 3 is 2.50 bits per heavy atom. The number of nitrogens with two attached hydrogens (primary N) is 1. The van der Waals surface area contributed by atoms with E-state index in [1.54, 1.807) is 23.0 Å². The monoisotopic (exact) mass is 507 g/mol. The second-order valence-corrected chi connectivity index (χ2v) is 9.23. The van der Waals surface area contributed by atoms with E-state index in [4.69, 9.17) is 20.3 Å². The van der Waals surface area contributed by atoms with Crippen molar-refractivity contribution in [2.45, 2.75) is 31.1 Å². The van der Waals surface area contributed by atoms with Gasteiger partial charge in [-0.15, -0.1) is 0 Å². The topological polar surface area (TPSA) is 121 Å². The number of hydrogen-bond acceptors (Lipinski definition) is 6. The Balaban J connectivity index is 1.35. The van der Waals surface area contributed by atoms with Crippen LogP contribution in [-0.4, -0.2) is 38.4 Å². The number of hydrogen-bond donors (Lipinski definition) is 2. The van der Waals surface area contributed by atoms with Crippen molar-refractivity contribution in [1.82, 2.24) is 20.1 Å². The Bertz CT molecular complexity index is 1540. The number of fused-ring (bicyclic) bond motifs is 3. The highest BCUT2D eigenvalue weighted by Gasteiger charge is 2.51. The Morgan fingerprint density at radius 1 is 0.974 bits per heavy atom. The van der Waals surface area contributed by atoms with Crippen molar-refractivity contribution in [1.29, 1.82) is 0 Å². The largest absolute Gasteiger partial charge is 0.447 e. The lowest BCUT2D eigenvalue weighted by molar-refractivity contribution is -0.182. The predicted octanol–water partition coefficient (Wildman–Crippen LogP) is 3.07. The molecular weight excluding hydrogens is 482 g/mol. The molecule has 1 unspecified atom stereocenters. The Labute approximate surface area is 218 Å². The van der Waals surface area contributed by atoms with Crippen molar-refractivity contribution in [3.05, 3.63) is 114 Å². The number of carbonyl (C=O) groups is 2. The third kappa shape index (κ3) is 4.07. The maximum Gasteiger partial charge on any atom is 0.352 e. The molecule has 0 saturated heterocycles. The smallest absolute Gasteiger partial charge is 0.352 e. The van der Waals surface area contributed by atoms with E-state index in [0.29, 0.717) is 5.82 Å². The molecule has 0 bridgehead atoms. The fraction of sp³-hybridized carbons (Fsp3) is 0.172. The fourth-order valence-corrected chi connectivity index (χ4v) is 5.03. The molecule has 9 heteroatoms. The third-order valence-electron chi connectivity index (χ3n) is 6.91. The van der Waals surface area contributed by atoms with Gasteiger partial charge in [-0.05, 0) is 41.7 Å². The van der Waals surface area contributed by atoms with Crippen LogP contribution in [0.1, 0.15) is 27.0 Å². The lowest BCUT2D eigenvalue weighted by Gasteiger charge is -2.33. The number of primary amides is 1. The average molecular weight is 508 g/mol. The fourth-order valence-electron chi connectivity index (χ4n) is 5.03. The molecular formula is C29H25N5O4. The number of rotatable bonds is 7. The quantitative estimate of drug-likeness (QED) is 0.397. The van der Waals surface area contributed by atoms with Gasteiger partial charge >= 0.3 is 11.7 Å². The Morgan fingerprint density at radius 2 is 1.71 bits per heavy atom. The van der Waals surface area contributed by atoms with Crippen molar-refractivity contribution in [2.75, 3.05) is 0 Å². The van der Waals surface area contributed by atoms with E-state index in [-0.39, 0.29) is 12.0 Å². The van der Waals surface area contributed by atoms with E-state index in [1.807, 2.05) is 48.7 Å². The molecule has 1 aliphatic heterocycles. The lowest BCUT2D eigenvalue weighted by Crippen LogP contribution is -2.61. The van der Waals surface area contributed by atoms with Crippen LogP contribution in [0, 0.1) is 0 Å². The molecule has 190 valence electrons. The zero-order valence-electron chi connectivity index (χ0n) is 20.4. The molecule has 0 fully saturated rings. The van der Waals surface area contributed by atoms with Gasteiger partial charge in [0.15, 0.2) is 5.82 Å². The zero-order valence-corrected chi connectivity index (χ0v) is 20.4. The summed E-state index contributed by atoms with van der Waals surface area (Å²) >= 11 is 0. The normalized spacial score (nSPS) is 15.5. The van der Waals surface area contributed by atoms with Gasteiger partial charge in [-0.2, -0.15) is 5.10 Å². The molecule has 3 heterocycles. The number of carbonyl (C=O) groups excluding carboxylic acids is 2. The van der Waals surface area contributed by atoms with E-state index in [0.717, 1.165) is 35.2 Å². The molecule has 38 heavy (non-hydrogen) atoms. The second-order valence-electron chi connectivity index (χ2n) is 9.23. The maximum absolute atomic E-state index is 13.7. The van der Waals surface area contributed by atoms with Gasteiger partial charge in [0.25, 0.3) is 5.91 Å². The van der Waals surface area contributed by atoms with Gasteiger partial charge in [-0.3, -0.25) is 9.59 Å². The molecule has 0 spiro atoms. The minimum Gasteiger partial charge on any atom is -0.447 e. The van der Waals surface area contributed by atoms with Crippen LogP contribution in [0.2, 0.25) is 0 Å². The van der Waals surface area contributed by atoms with Crippen LogP contribution >= 0.6 is 0 Å². The molecule has 9 nitrogen and oxygen atoms in total. The van der Waals surface area contributed by atoms with Gasteiger partial charge in [0.05, 0.1) is 11.3 Å². The van der Waals surface area contributed by atoms with Crippen LogP contribution in [-0.2, 0) is 33.5 Å². The number of ether oxygens (including phenoxy) is 2. The minimum atomic E-state index is -1.89. The van der Waals surface area contributed by atoms with E-state index in [1.165, 1.54) is 18.1 Å². The highest BCUT2D eigenvalue weighted by Crippen LogP contribution is 2.33. The molecule has 4 aromatic rings. The SMILES string of the molecule is NC(=O)C1(C(Cc2ccccc2)NC(=O)c2cccnc2-n2cc3c(n2)-c2ccccc2CC3)OC=CO1. The highest BCUT2D eigenvalue weighted by molar-refractivity contribution is 5.98. The third-order valence-corrected chi connectivity index (χ3v) is 6.91. The van der Waals surface area contributed by atoms with E-state index < -0.39 is 23.6 Å². The minimum absolute atomic E-state index is 0.236. The number of nitrogens with zero attached hydrogens (tertiary/aromatic N) is 3. The van der Waals surface area contributed by atoms with E-state index in [9.17, 15) is 9.59 Å². The van der Waals surface area contributed by atoms with Gasteiger partial charge < -0.3 is 20.5 Å². The first-order valence-electron chi connectivity index (χ1n) is 12.3. The van der Waals surface area contributed by atoms with Crippen LogP contribution in [0.25, 0.3) is 17.1 Å². The van der Waals surface area contributed by atoms with Gasteiger partial charge in [-0.25, -0.2) is 9.67 Å². The molecule has 2 aliphatic rings. The molecule has 2 amide bonds. The standard InChI is InChI=1S/C29H25N5O4/c30-28(36)29(37-15-16-38-29)24(17-19-7-2-1-3-8-19)32-27(35)23-11-6-14-31-26(23)34-18-21-13-12-20-9-4-5-10-22(20)25(21)33-34/h1-11,14-16,18,24H,12-13,17H2,(H2,30,36)(H,32,35). The highest BCUT2D eigenvalue weighted by atomic mass is 16.7. The summed E-state index contributed by atoms with van der Waals surface area (Å²) in [6.07, 6.45) is 8.04. The lowest BCUT2D eigenvalue weighted by atomic mass is 9.91. The average Bonchev–Trinajstić information content (AvgIpc) is 3.62. The van der Waals surface area contributed by atoms with Crippen LogP contribution in [0.4, 0.5) is 0 Å². The molecule has 6 rings (SSSR count). The summed E-state index contributed by atoms with van der Waals surface area (Å²) in [5.41, 5.74) is 11.2. The molecule has 0 radical (unpaired) electrons. The van der Waals surface area contributed by atoms with Crippen molar-refractivity contribution >= 4 is 11.8 Å². The Hall–Kier alpha value is -4.92. The van der Waals surface area contributed by atoms with Crippen LogP contribution < -0.4 is 11.1 Å². The molecule has 2 aromatic carbocycles. The number of pyridine rings is 1. The summed E-state index contributed by atoms with van der Waals surface area (Å²) in [5, 5.41) is 7.73. The molecule has 0 saturated carbocycles. The van der Waals surface area contributed by atoms with Gasteiger partial charge in [0, 0.05) is 24.4 Å². The predicted molar refractivity (Wildman–Crippen MR) is 139 cm³/mol. The molecule has 3 N–H and O–H groups in total. The van der Waals surface area contributed by atoms with Crippen LogP contribution in [0.5, 0.6) is 0 Å². The van der Waals surface area contributed by atoms with Gasteiger partial charge in [-0.1, -0.05) is 54.6 Å². The van der Waals surface area contributed by atoms with Crippen LogP contribution in [0.15, 0.2) is 91.6 Å². The first kappa shape index (κ1) is 23.5. The number of amides is 2. The summed E-state index contributed by atoms with van der Waals surface area (Å²) in [7, 11) is 0.